The Morgan fingerprint density at radius 3 is 2.28 bits per heavy atom. The summed E-state index contributed by atoms with van der Waals surface area (Å²) < 4.78 is 0. The number of aliphatic imine (C=N–C) groups is 1. The van der Waals surface area contributed by atoms with Gasteiger partial charge >= 0.3 is 0 Å². The average molecular weight is 243 g/mol. The minimum Gasteiger partial charge on any atom is -0.508 e. The van der Waals surface area contributed by atoms with E-state index in [1.165, 1.54) is 0 Å². The summed E-state index contributed by atoms with van der Waals surface area (Å²) in [5, 5.41) is 9.28. The Kier molecular flexibility index (Phi) is 7.13. The van der Waals surface area contributed by atoms with Crippen LogP contribution in [0.1, 0.15) is 19.4 Å². The molecule has 0 saturated carbocycles. The number of aromatic hydroxyl groups is 1. The number of phenolic OH excluding ortho intramolecular Hbond substituents is 1. The predicted octanol–water partition coefficient (Wildman–Crippen LogP) is 4.73. The van der Waals surface area contributed by atoms with Crippen LogP contribution < -0.4 is 0 Å². The second-order valence-corrected chi connectivity index (χ2v) is 3.40. The molecule has 2 nitrogen and oxygen atoms in total. The van der Waals surface area contributed by atoms with Gasteiger partial charge in [-0.2, -0.15) is 0 Å². The maximum Gasteiger partial charge on any atom is 0.115 e. The van der Waals surface area contributed by atoms with Crippen LogP contribution in [0.5, 0.6) is 5.75 Å². The van der Waals surface area contributed by atoms with Gasteiger partial charge in [0.2, 0.25) is 0 Å². The molecule has 0 aromatic heterocycles. The molecule has 0 aliphatic rings. The number of benzene rings is 1. The van der Waals surface area contributed by atoms with Crippen molar-refractivity contribution in [1.29, 1.82) is 0 Å². The van der Waals surface area contributed by atoms with E-state index in [-0.39, 0.29) is 5.75 Å². The van der Waals surface area contributed by atoms with Crippen molar-refractivity contribution in [2.75, 3.05) is 0 Å². The summed E-state index contributed by atoms with van der Waals surface area (Å²) in [4.78, 5) is 4.41. The molecule has 2 heteroatoms. The predicted molar refractivity (Wildman–Crippen MR) is 80.8 cm³/mol. The Hall–Kier alpha value is -2.09. The minimum atomic E-state index is 0.235. The van der Waals surface area contributed by atoms with Gasteiger partial charge in [0, 0.05) is 0 Å². The molecule has 0 heterocycles. The normalized spacial score (nSPS) is 10.1. The number of allylic oxidation sites excluding steroid dienone is 3. The maximum absolute atomic E-state index is 9.28. The van der Waals surface area contributed by atoms with Crippen LogP contribution in [0.2, 0.25) is 0 Å². The molecule has 1 aromatic rings. The Labute approximate surface area is 110 Å². The van der Waals surface area contributed by atoms with E-state index in [1.54, 1.807) is 30.4 Å². The van der Waals surface area contributed by atoms with E-state index in [2.05, 4.69) is 24.7 Å². The van der Waals surface area contributed by atoms with E-state index in [0.717, 1.165) is 16.8 Å². The van der Waals surface area contributed by atoms with Crippen molar-refractivity contribution in [3.8, 4) is 5.75 Å². The first-order chi connectivity index (χ1) is 8.58. The van der Waals surface area contributed by atoms with Crippen LogP contribution in [0.15, 0.2) is 60.7 Å². The highest BCUT2D eigenvalue weighted by molar-refractivity contribution is 6.10. The van der Waals surface area contributed by atoms with E-state index in [4.69, 9.17) is 0 Å². The Balaban J connectivity index is 0.00000137. The van der Waals surface area contributed by atoms with E-state index in [0.29, 0.717) is 5.71 Å². The standard InChI is InChI=1S/C14H15NO.C2H6/c1-5-10(3)13(6-2)15-14-8-7-12(16)9-11(14)4;1-2/h5-9,16H,1-3H2,4H3;1-2H3. The number of hydrogen-bond acceptors (Lipinski definition) is 2. The van der Waals surface area contributed by atoms with Gasteiger partial charge in [-0.25, -0.2) is 4.99 Å². The number of hydrogen-bond donors (Lipinski definition) is 1. The lowest BCUT2D eigenvalue weighted by molar-refractivity contribution is 0.475. The lowest BCUT2D eigenvalue weighted by atomic mass is 10.1. The first kappa shape index (κ1) is 15.9. The van der Waals surface area contributed by atoms with Gasteiger partial charge in [0.05, 0.1) is 11.4 Å². The van der Waals surface area contributed by atoms with Gasteiger partial charge in [-0.3, -0.25) is 0 Å². The second kappa shape index (κ2) is 8.07. The quantitative estimate of drug-likeness (QED) is 0.602. The molecule has 1 N–H and O–H groups in total. The van der Waals surface area contributed by atoms with Crippen LogP contribution in [0.3, 0.4) is 0 Å². The molecule has 1 rings (SSSR count). The molecule has 0 spiro atoms. The fraction of sp³-hybridized carbons (Fsp3) is 0.188. The van der Waals surface area contributed by atoms with Crippen LogP contribution in [-0.4, -0.2) is 10.8 Å². The van der Waals surface area contributed by atoms with Crippen molar-refractivity contribution in [3.05, 3.63) is 61.2 Å². The van der Waals surface area contributed by atoms with Crippen molar-refractivity contribution in [2.45, 2.75) is 20.8 Å². The Morgan fingerprint density at radius 2 is 1.83 bits per heavy atom. The number of nitrogens with zero attached hydrogens (tertiary/aromatic N) is 1. The summed E-state index contributed by atoms with van der Waals surface area (Å²) in [6.45, 7) is 17.0. The first-order valence-electron chi connectivity index (χ1n) is 5.91. The summed E-state index contributed by atoms with van der Waals surface area (Å²) in [6, 6.07) is 5.02. The molecular weight excluding hydrogens is 222 g/mol. The number of aryl methyl sites for hydroxylation is 1. The van der Waals surface area contributed by atoms with Crippen molar-refractivity contribution in [3.63, 3.8) is 0 Å². The highest BCUT2D eigenvalue weighted by atomic mass is 16.3. The van der Waals surface area contributed by atoms with Crippen LogP contribution in [0, 0.1) is 6.92 Å². The van der Waals surface area contributed by atoms with Gasteiger partial charge in [0.1, 0.15) is 5.75 Å². The van der Waals surface area contributed by atoms with Crippen molar-refractivity contribution in [2.24, 2.45) is 4.99 Å². The summed E-state index contributed by atoms with van der Waals surface area (Å²) in [5.74, 6) is 0.235. The fourth-order valence-corrected chi connectivity index (χ4v) is 1.25. The zero-order chi connectivity index (χ0) is 14.1. The highest BCUT2D eigenvalue weighted by Crippen LogP contribution is 2.23. The molecule has 0 atom stereocenters. The molecule has 0 aliphatic carbocycles. The van der Waals surface area contributed by atoms with E-state index < -0.39 is 0 Å². The molecule has 0 radical (unpaired) electrons. The molecule has 1 aromatic carbocycles. The number of rotatable bonds is 4. The van der Waals surface area contributed by atoms with Gasteiger partial charge in [-0.05, 0) is 42.3 Å². The summed E-state index contributed by atoms with van der Waals surface area (Å²) in [6.07, 6.45) is 3.27. The average Bonchev–Trinajstić information content (AvgIpc) is 2.39. The second-order valence-electron chi connectivity index (χ2n) is 3.40. The summed E-state index contributed by atoms with van der Waals surface area (Å²) in [5.41, 5.74) is 3.10. The van der Waals surface area contributed by atoms with E-state index in [9.17, 15) is 5.11 Å². The highest BCUT2D eigenvalue weighted by Gasteiger charge is 2.01. The molecular formula is C16H21NO. The monoisotopic (exact) mass is 243 g/mol. The summed E-state index contributed by atoms with van der Waals surface area (Å²) >= 11 is 0. The van der Waals surface area contributed by atoms with Gasteiger partial charge in [0.25, 0.3) is 0 Å². The third-order valence-corrected chi connectivity index (χ3v) is 2.19. The van der Waals surface area contributed by atoms with Crippen LogP contribution in [-0.2, 0) is 0 Å². The molecule has 0 unspecified atom stereocenters. The van der Waals surface area contributed by atoms with Crippen LogP contribution >= 0.6 is 0 Å². The molecule has 0 aliphatic heterocycles. The molecule has 0 amide bonds. The Bertz CT molecular complexity index is 470. The molecule has 0 saturated heterocycles. The minimum absolute atomic E-state index is 0.235. The van der Waals surface area contributed by atoms with Crippen molar-refractivity contribution < 1.29 is 5.11 Å². The Morgan fingerprint density at radius 1 is 1.22 bits per heavy atom. The molecule has 0 fully saturated rings. The van der Waals surface area contributed by atoms with Crippen LogP contribution in [0.4, 0.5) is 5.69 Å². The molecule has 0 bridgehead atoms. The SMILES string of the molecule is C=CC(=C)C(C=C)=Nc1ccc(O)cc1C.CC. The van der Waals surface area contributed by atoms with E-state index in [1.807, 2.05) is 20.8 Å². The molecule has 18 heavy (non-hydrogen) atoms. The zero-order valence-electron chi connectivity index (χ0n) is 11.4. The van der Waals surface area contributed by atoms with Gasteiger partial charge in [-0.15, -0.1) is 0 Å². The van der Waals surface area contributed by atoms with Gasteiger partial charge in [0.15, 0.2) is 0 Å². The lowest BCUT2D eigenvalue weighted by Gasteiger charge is -2.04. The zero-order valence-corrected chi connectivity index (χ0v) is 11.4. The number of phenols is 1. The summed E-state index contributed by atoms with van der Waals surface area (Å²) in [7, 11) is 0. The van der Waals surface area contributed by atoms with E-state index >= 15 is 0 Å². The third-order valence-electron chi connectivity index (χ3n) is 2.19. The smallest absolute Gasteiger partial charge is 0.115 e. The van der Waals surface area contributed by atoms with Gasteiger partial charge in [-0.1, -0.05) is 39.7 Å². The fourth-order valence-electron chi connectivity index (χ4n) is 1.25. The van der Waals surface area contributed by atoms with Crippen molar-refractivity contribution in [1.82, 2.24) is 0 Å². The topological polar surface area (TPSA) is 32.6 Å². The maximum atomic E-state index is 9.28. The van der Waals surface area contributed by atoms with Gasteiger partial charge < -0.3 is 5.11 Å². The lowest BCUT2D eigenvalue weighted by Crippen LogP contribution is -1.94. The van der Waals surface area contributed by atoms with Crippen molar-refractivity contribution >= 4 is 11.4 Å². The third kappa shape index (κ3) is 4.42. The largest absolute Gasteiger partial charge is 0.508 e. The first-order valence-corrected chi connectivity index (χ1v) is 5.91. The van der Waals surface area contributed by atoms with Crippen LogP contribution in [0.25, 0.3) is 0 Å². The molecule has 96 valence electrons.